The molecule has 0 unspecified atom stereocenters. The van der Waals surface area contributed by atoms with Gasteiger partial charge in [-0.3, -0.25) is 0 Å². The Balaban J connectivity index is 0.000000640. The van der Waals surface area contributed by atoms with Crippen LogP contribution in [0.3, 0.4) is 0 Å². The second kappa shape index (κ2) is 6.47. The van der Waals surface area contributed by atoms with Crippen molar-refractivity contribution in [1.82, 2.24) is 0 Å². The van der Waals surface area contributed by atoms with Crippen LogP contribution >= 0.6 is 0 Å². The van der Waals surface area contributed by atoms with Gasteiger partial charge in [-0.1, -0.05) is 32.1 Å². The summed E-state index contributed by atoms with van der Waals surface area (Å²) in [5.74, 6) is 0.920. The minimum Gasteiger partial charge on any atom is -0.662 e. The number of piperidine rings is 1. The van der Waals surface area contributed by atoms with E-state index in [2.05, 4.69) is 12.2 Å². The Morgan fingerprint density at radius 3 is 2.67 bits per heavy atom. The molecule has 1 rings (SSSR count). The summed E-state index contributed by atoms with van der Waals surface area (Å²) in [6.07, 6.45) is 4.07. The molecular formula is C7H14NRb. The molecule has 2 heteroatoms. The van der Waals surface area contributed by atoms with Crippen molar-refractivity contribution in [3.05, 3.63) is 5.32 Å². The molecule has 1 aliphatic rings. The van der Waals surface area contributed by atoms with Gasteiger partial charge in [0.05, 0.1) is 0 Å². The van der Waals surface area contributed by atoms with Gasteiger partial charge in [0.15, 0.2) is 0 Å². The van der Waals surface area contributed by atoms with Gasteiger partial charge < -0.3 is 5.32 Å². The van der Waals surface area contributed by atoms with Gasteiger partial charge in [-0.05, 0) is 0 Å². The van der Waals surface area contributed by atoms with Crippen molar-refractivity contribution in [1.29, 1.82) is 0 Å². The zero-order chi connectivity index (χ0) is 5.82. The van der Waals surface area contributed by atoms with Crippen molar-refractivity contribution in [2.75, 3.05) is 13.1 Å². The minimum absolute atomic E-state index is 0. The molecule has 9 heavy (non-hydrogen) atoms. The molecule has 0 amide bonds. The predicted molar refractivity (Wildman–Crippen MR) is 36.1 cm³/mol. The van der Waals surface area contributed by atoms with Crippen molar-refractivity contribution in [2.24, 2.45) is 5.92 Å². The van der Waals surface area contributed by atoms with Gasteiger partial charge in [0, 0.05) is 0 Å². The molecule has 0 aromatic heterocycles. The normalized spacial score (nSPS) is 27.0. The third kappa shape index (κ3) is 4.25. The van der Waals surface area contributed by atoms with Crippen molar-refractivity contribution >= 4 is 0 Å². The molecule has 1 atom stereocenters. The summed E-state index contributed by atoms with van der Waals surface area (Å²) in [4.78, 5) is 0. The molecule has 1 nitrogen and oxygen atoms in total. The first kappa shape index (κ1) is 10.8. The fourth-order valence-electron chi connectivity index (χ4n) is 1.19. The molecule has 1 aliphatic heterocycles. The topological polar surface area (TPSA) is 14.1 Å². The monoisotopic (exact) mass is 197 g/mol. The van der Waals surface area contributed by atoms with Crippen LogP contribution in [0.5, 0.6) is 0 Å². The first-order valence-corrected chi connectivity index (χ1v) is 3.56. The van der Waals surface area contributed by atoms with Crippen LogP contribution < -0.4 is 58.2 Å². The summed E-state index contributed by atoms with van der Waals surface area (Å²) in [6, 6.07) is 0. The fourth-order valence-corrected chi connectivity index (χ4v) is 1.19. The van der Waals surface area contributed by atoms with E-state index in [4.69, 9.17) is 0 Å². The molecule has 48 valence electrons. The standard InChI is InChI=1S/C7H14N.Rb/c1-2-7-4-3-5-8-6-7;/h7H,2-6H2,1H3;/q-1;+1/t7-;/m1./s1. The molecule has 0 saturated carbocycles. The number of rotatable bonds is 1. The zero-order valence-corrected chi connectivity index (χ0v) is 11.5. The fraction of sp³-hybridized carbons (Fsp3) is 1.00. The van der Waals surface area contributed by atoms with Crippen LogP contribution in [0.1, 0.15) is 26.2 Å². The third-order valence-corrected chi connectivity index (χ3v) is 1.89. The van der Waals surface area contributed by atoms with Gasteiger partial charge in [0.25, 0.3) is 0 Å². The Hall–Kier alpha value is 1.77. The first-order valence-electron chi connectivity index (χ1n) is 3.56. The largest absolute Gasteiger partial charge is 1.00 e. The molecule has 1 saturated heterocycles. The van der Waals surface area contributed by atoms with Crippen molar-refractivity contribution in [2.45, 2.75) is 26.2 Å². The van der Waals surface area contributed by atoms with Crippen LogP contribution in [-0.2, 0) is 0 Å². The molecule has 0 spiro atoms. The van der Waals surface area contributed by atoms with Crippen LogP contribution in [0.2, 0.25) is 0 Å². The molecule has 0 aromatic carbocycles. The smallest absolute Gasteiger partial charge is 0.662 e. The Morgan fingerprint density at radius 1 is 1.56 bits per heavy atom. The van der Waals surface area contributed by atoms with Crippen LogP contribution in [-0.4, -0.2) is 13.1 Å². The third-order valence-electron chi connectivity index (χ3n) is 1.89. The van der Waals surface area contributed by atoms with Crippen molar-refractivity contribution in [3.63, 3.8) is 0 Å². The second-order valence-corrected chi connectivity index (χ2v) is 2.55. The van der Waals surface area contributed by atoms with Crippen LogP contribution in [0, 0.1) is 5.92 Å². The van der Waals surface area contributed by atoms with E-state index in [0.717, 1.165) is 19.0 Å². The van der Waals surface area contributed by atoms with Crippen molar-refractivity contribution < 1.29 is 58.2 Å². The molecule has 0 aromatic rings. The van der Waals surface area contributed by atoms with E-state index in [9.17, 15) is 0 Å². The number of nitrogens with zero attached hydrogens (tertiary/aromatic N) is 1. The van der Waals surface area contributed by atoms with Gasteiger partial charge in [-0.2, -0.15) is 0 Å². The molecular weight excluding hydrogens is 184 g/mol. The Morgan fingerprint density at radius 2 is 2.33 bits per heavy atom. The Bertz CT molecular complexity index is 59.9. The van der Waals surface area contributed by atoms with E-state index < -0.39 is 0 Å². The van der Waals surface area contributed by atoms with Gasteiger partial charge >= 0.3 is 58.2 Å². The summed E-state index contributed by atoms with van der Waals surface area (Å²) >= 11 is 0. The average Bonchev–Trinajstić information content (AvgIpc) is 1.90. The maximum absolute atomic E-state index is 4.33. The van der Waals surface area contributed by atoms with Crippen LogP contribution in [0.15, 0.2) is 0 Å². The van der Waals surface area contributed by atoms with Gasteiger partial charge in [-0.25, -0.2) is 0 Å². The molecule has 0 bridgehead atoms. The van der Waals surface area contributed by atoms with Gasteiger partial charge in [0.1, 0.15) is 0 Å². The predicted octanol–water partition coefficient (Wildman–Crippen LogP) is -0.816. The van der Waals surface area contributed by atoms with E-state index in [1.165, 1.54) is 19.3 Å². The molecule has 0 N–H and O–H groups in total. The zero-order valence-electron chi connectivity index (χ0n) is 6.56. The minimum atomic E-state index is 0. The Kier molecular flexibility index (Phi) is 7.74. The number of hydrogen-bond acceptors (Lipinski definition) is 0. The van der Waals surface area contributed by atoms with Gasteiger partial charge in [-0.15, -0.1) is 13.1 Å². The SMILES string of the molecule is CC[C@@H]1CCC[N-]C1.[Rb+]. The van der Waals surface area contributed by atoms with E-state index in [1.54, 1.807) is 0 Å². The summed E-state index contributed by atoms with van der Waals surface area (Å²) in [5, 5.41) is 4.33. The first-order chi connectivity index (χ1) is 3.93. The van der Waals surface area contributed by atoms with E-state index >= 15 is 0 Å². The number of hydrogen-bond donors (Lipinski definition) is 0. The summed E-state index contributed by atoms with van der Waals surface area (Å²) in [6.45, 7) is 4.51. The van der Waals surface area contributed by atoms with E-state index in [-0.39, 0.29) is 58.2 Å². The average molecular weight is 198 g/mol. The Labute approximate surface area is 107 Å². The second-order valence-electron chi connectivity index (χ2n) is 2.55. The molecule has 0 aliphatic carbocycles. The van der Waals surface area contributed by atoms with Crippen LogP contribution in [0.25, 0.3) is 5.32 Å². The molecule has 1 fully saturated rings. The maximum atomic E-state index is 4.33. The summed E-state index contributed by atoms with van der Waals surface area (Å²) < 4.78 is 0. The molecule has 1 heterocycles. The van der Waals surface area contributed by atoms with E-state index in [0.29, 0.717) is 0 Å². The van der Waals surface area contributed by atoms with E-state index in [1.807, 2.05) is 0 Å². The summed E-state index contributed by atoms with van der Waals surface area (Å²) in [5.41, 5.74) is 0. The van der Waals surface area contributed by atoms with Gasteiger partial charge in [0.2, 0.25) is 0 Å². The molecule has 0 radical (unpaired) electrons. The maximum Gasteiger partial charge on any atom is 1.00 e. The summed E-state index contributed by atoms with van der Waals surface area (Å²) in [7, 11) is 0. The van der Waals surface area contributed by atoms with Crippen LogP contribution in [0.4, 0.5) is 0 Å². The quantitative estimate of drug-likeness (QED) is 0.522. The van der Waals surface area contributed by atoms with Crippen molar-refractivity contribution in [3.8, 4) is 0 Å².